The van der Waals surface area contributed by atoms with Crippen LogP contribution in [-0.4, -0.2) is 21.9 Å². The van der Waals surface area contributed by atoms with Gasteiger partial charge in [0, 0.05) is 12.2 Å². The van der Waals surface area contributed by atoms with Crippen molar-refractivity contribution in [1.82, 2.24) is 15.5 Å². The molecule has 2 N–H and O–H groups in total. The van der Waals surface area contributed by atoms with E-state index >= 15 is 0 Å². The number of rotatable bonds is 9. The van der Waals surface area contributed by atoms with Gasteiger partial charge in [0.15, 0.2) is 4.34 Å². The quantitative estimate of drug-likeness (QED) is 0.312. The van der Waals surface area contributed by atoms with Crippen molar-refractivity contribution in [1.29, 1.82) is 0 Å². The van der Waals surface area contributed by atoms with Gasteiger partial charge in [-0.25, -0.2) is 4.39 Å². The first-order valence-corrected chi connectivity index (χ1v) is 11.5. The third kappa shape index (κ3) is 6.53. The van der Waals surface area contributed by atoms with E-state index in [4.69, 9.17) is 4.74 Å². The maximum absolute atomic E-state index is 12.9. The summed E-state index contributed by atoms with van der Waals surface area (Å²) in [6.45, 7) is 0.354. The van der Waals surface area contributed by atoms with Crippen LogP contribution in [0.1, 0.15) is 5.56 Å². The minimum Gasteiger partial charge on any atom is -0.457 e. The first kappa shape index (κ1) is 21.8. The van der Waals surface area contributed by atoms with Crippen molar-refractivity contribution in [2.45, 2.75) is 10.9 Å². The molecular formula is C23H19FN4O2S2. The molecule has 1 amide bonds. The lowest BCUT2D eigenvalue weighted by molar-refractivity contribution is -0.118. The van der Waals surface area contributed by atoms with Gasteiger partial charge in [-0.1, -0.05) is 53.4 Å². The van der Waals surface area contributed by atoms with Crippen LogP contribution in [0.3, 0.4) is 0 Å². The Hall–Kier alpha value is -3.43. The van der Waals surface area contributed by atoms with Gasteiger partial charge in [0.05, 0.1) is 5.75 Å². The van der Waals surface area contributed by atoms with Gasteiger partial charge in [-0.3, -0.25) is 4.79 Å². The van der Waals surface area contributed by atoms with Crippen LogP contribution in [0, 0.1) is 5.82 Å². The van der Waals surface area contributed by atoms with Gasteiger partial charge in [-0.05, 0) is 54.1 Å². The SMILES string of the molecule is O=C(CSc1nnc(Nc2ccc(Oc3ccccc3)cc2)s1)NCc1ccc(F)cc1. The minimum absolute atomic E-state index is 0.127. The molecule has 0 radical (unpaired) electrons. The Balaban J connectivity index is 1.23. The number of para-hydroxylation sites is 1. The van der Waals surface area contributed by atoms with Crippen molar-refractivity contribution in [2.75, 3.05) is 11.1 Å². The van der Waals surface area contributed by atoms with Crippen molar-refractivity contribution >= 4 is 39.8 Å². The fraction of sp³-hybridized carbons (Fsp3) is 0.0870. The maximum atomic E-state index is 12.9. The molecule has 3 aromatic carbocycles. The molecule has 9 heteroatoms. The third-order valence-electron chi connectivity index (χ3n) is 4.22. The number of anilines is 2. The van der Waals surface area contributed by atoms with Gasteiger partial charge in [0.25, 0.3) is 0 Å². The monoisotopic (exact) mass is 466 g/mol. The molecule has 32 heavy (non-hydrogen) atoms. The van der Waals surface area contributed by atoms with Crippen LogP contribution in [0.25, 0.3) is 0 Å². The molecule has 0 saturated carbocycles. The molecule has 0 atom stereocenters. The summed E-state index contributed by atoms with van der Waals surface area (Å²) in [5.74, 6) is 1.31. The molecule has 4 rings (SSSR count). The number of aromatic nitrogens is 2. The predicted octanol–water partition coefficient (Wildman–Crippen LogP) is 5.62. The van der Waals surface area contributed by atoms with E-state index in [1.165, 1.54) is 35.2 Å². The Bertz CT molecular complexity index is 1150. The van der Waals surface area contributed by atoms with Crippen molar-refractivity contribution in [3.05, 3.63) is 90.2 Å². The van der Waals surface area contributed by atoms with Gasteiger partial charge in [-0.15, -0.1) is 10.2 Å². The lowest BCUT2D eigenvalue weighted by Gasteiger charge is -2.07. The third-order valence-corrected chi connectivity index (χ3v) is 6.19. The second-order valence-electron chi connectivity index (χ2n) is 6.63. The summed E-state index contributed by atoms with van der Waals surface area (Å²) in [6.07, 6.45) is 0. The average molecular weight is 467 g/mol. The molecule has 1 aromatic heterocycles. The molecule has 0 saturated heterocycles. The van der Waals surface area contributed by atoms with Crippen LogP contribution in [0.5, 0.6) is 11.5 Å². The van der Waals surface area contributed by atoms with Crippen LogP contribution >= 0.6 is 23.1 Å². The van der Waals surface area contributed by atoms with Gasteiger partial charge in [-0.2, -0.15) is 0 Å². The second-order valence-corrected chi connectivity index (χ2v) is 8.83. The predicted molar refractivity (Wildman–Crippen MR) is 125 cm³/mol. The molecule has 0 unspecified atom stereocenters. The summed E-state index contributed by atoms with van der Waals surface area (Å²) < 4.78 is 19.4. The summed E-state index contributed by atoms with van der Waals surface area (Å²) in [7, 11) is 0. The standard InChI is InChI=1S/C23H19FN4O2S2/c24-17-8-6-16(7-9-17)14-25-21(29)15-31-23-28-27-22(32-23)26-18-10-12-20(13-11-18)30-19-4-2-1-3-5-19/h1-13H,14-15H2,(H,25,29)(H,26,27). The summed E-state index contributed by atoms with van der Waals surface area (Å²) in [6, 6.07) is 23.2. The van der Waals surface area contributed by atoms with E-state index in [1.54, 1.807) is 12.1 Å². The number of amides is 1. The molecule has 0 aliphatic heterocycles. The molecule has 0 aliphatic rings. The molecule has 0 fully saturated rings. The van der Waals surface area contributed by atoms with E-state index in [2.05, 4.69) is 20.8 Å². The van der Waals surface area contributed by atoms with Crippen molar-refractivity contribution in [3.63, 3.8) is 0 Å². The number of halogens is 1. The van der Waals surface area contributed by atoms with Gasteiger partial charge < -0.3 is 15.4 Å². The second kappa shape index (κ2) is 10.7. The molecule has 0 aliphatic carbocycles. The minimum atomic E-state index is -0.298. The molecular weight excluding hydrogens is 447 g/mol. The van der Waals surface area contributed by atoms with Crippen LogP contribution in [0.15, 0.2) is 83.2 Å². The van der Waals surface area contributed by atoms with Crippen LogP contribution in [0.4, 0.5) is 15.2 Å². The first-order valence-electron chi connectivity index (χ1n) is 9.71. The van der Waals surface area contributed by atoms with E-state index in [9.17, 15) is 9.18 Å². The number of hydrogen-bond donors (Lipinski definition) is 2. The Morgan fingerprint density at radius 2 is 1.66 bits per heavy atom. The smallest absolute Gasteiger partial charge is 0.230 e. The highest BCUT2D eigenvalue weighted by molar-refractivity contribution is 8.01. The van der Waals surface area contributed by atoms with Crippen LogP contribution in [-0.2, 0) is 11.3 Å². The molecule has 1 heterocycles. The average Bonchev–Trinajstić information content (AvgIpc) is 3.26. The number of hydrogen-bond acceptors (Lipinski definition) is 7. The zero-order chi connectivity index (χ0) is 22.2. The number of ether oxygens (including phenoxy) is 1. The van der Waals surface area contributed by atoms with E-state index in [1.807, 2.05) is 54.6 Å². The fourth-order valence-electron chi connectivity index (χ4n) is 2.65. The van der Waals surface area contributed by atoms with Crippen molar-refractivity contribution < 1.29 is 13.9 Å². The molecule has 0 spiro atoms. The largest absolute Gasteiger partial charge is 0.457 e. The lowest BCUT2D eigenvalue weighted by Crippen LogP contribution is -2.24. The van der Waals surface area contributed by atoms with Gasteiger partial charge in [0.2, 0.25) is 11.0 Å². The number of carbonyl (C=O) groups excluding carboxylic acids is 1. The molecule has 6 nitrogen and oxygen atoms in total. The zero-order valence-corrected chi connectivity index (χ0v) is 18.5. The van der Waals surface area contributed by atoms with Crippen molar-refractivity contribution in [3.8, 4) is 11.5 Å². The molecule has 0 bridgehead atoms. The highest BCUT2D eigenvalue weighted by Crippen LogP contribution is 2.29. The van der Waals surface area contributed by atoms with Crippen LogP contribution in [0.2, 0.25) is 0 Å². The van der Waals surface area contributed by atoms with E-state index in [0.717, 1.165) is 22.7 Å². The number of thioether (sulfide) groups is 1. The van der Waals surface area contributed by atoms with Gasteiger partial charge >= 0.3 is 0 Å². The summed E-state index contributed by atoms with van der Waals surface area (Å²) in [5, 5.41) is 14.9. The Labute approximate surface area is 192 Å². The zero-order valence-electron chi connectivity index (χ0n) is 16.8. The number of nitrogens with zero attached hydrogens (tertiary/aromatic N) is 2. The number of benzene rings is 3. The van der Waals surface area contributed by atoms with E-state index < -0.39 is 0 Å². The highest BCUT2D eigenvalue weighted by atomic mass is 32.2. The van der Waals surface area contributed by atoms with Crippen molar-refractivity contribution in [2.24, 2.45) is 0 Å². The lowest BCUT2D eigenvalue weighted by atomic mass is 10.2. The maximum Gasteiger partial charge on any atom is 0.230 e. The Morgan fingerprint density at radius 1 is 0.938 bits per heavy atom. The summed E-state index contributed by atoms with van der Waals surface area (Å²) >= 11 is 2.68. The molecule has 162 valence electrons. The Morgan fingerprint density at radius 3 is 2.41 bits per heavy atom. The number of carbonyl (C=O) groups is 1. The summed E-state index contributed by atoms with van der Waals surface area (Å²) in [5.41, 5.74) is 1.70. The number of nitrogens with one attached hydrogen (secondary N) is 2. The fourth-order valence-corrected chi connectivity index (χ4v) is 4.26. The topological polar surface area (TPSA) is 76.1 Å². The molecule has 4 aromatic rings. The van der Waals surface area contributed by atoms with E-state index in [-0.39, 0.29) is 17.5 Å². The summed E-state index contributed by atoms with van der Waals surface area (Å²) in [4.78, 5) is 12.0. The highest BCUT2D eigenvalue weighted by Gasteiger charge is 2.09. The van der Waals surface area contributed by atoms with Crippen LogP contribution < -0.4 is 15.4 Å². The van der Waals surface area contributed by atoms with E-state index in [0.29, 0.717) is 16.0 Å². The normalized spacial score (nSPS) is 10.5. The Kier molecular flexibility index (Phi) is 7.31. The first-order chi connectivity index (χ1) is 15.6. The van der Waals surface area contributed by atoms with Gasteiger partial charge in [0.1, 0.15) is 17.3 Å².